The number of rotatable bonds is 7. The van der Waals surface area contributed by atoms with Gasteiger partial charge in [0, 0.05) is 25.8 Å². The fourth-order valence-corrected chi connectivity index (χ4v) is 3.42. The predicted molar refractivity (Wildman–Crippen MR) is 90.4 cm³/mol. The van der Waals surface area contributed by atoms with Gasteiger partial charge in [-0.15, -0.1) is 0 Å². The molecule has 1 atom stereocenters. The zero-order valence-electron chi connectivity index (χ0n) is 13.7. The standard InChI is InChI=1S/C14H26BrN3O2S/c1-7-8-16-12(14(3,4)21(6,19)20)9-11-13(15)10(2)17-18(11)5/h12,16H,7-9H2,1-6H3. The topological polar surface area (TPSA) is 64.0 Å². The van der Waals surface area contributed by atoms with Gasteiger partial charge in [0.25, 0.3) is 0 Å². The molecule has 7 heteroatoms. The van der Waals surface area contributed by atoms with E-state index in [4.69, 9.17) is 0 Å². The molecule has 0 aliphatic rings. The van der Waals surface area contributed by atoms with E-state index in [9.17, 15) is 8.42 Å². The summed E-state index contributed by atoms with van der Waals surface area (Å²) in [5.74, 6) is 0. The Labute approximate surface area is 136 Å². The van der Waals surface area contributed by atoms with E-state index < -0.39 is 14.6 Å². The lowest BCUT2D eigenvalue weighted by atomic mass is 9.97. The van der Waals surface area contributed by atoms with E-state index in [1.54, 1.807) is 13.8 Å². The van der Waals surface area contributed by atoms with Gasteiger partial charge in [0.2, 0.25) is 0 Å². The lowest BCUT2D eigenvalue weighted by Crippen LogP contribution is -2.53. The van der Waals surface area contributed by atoms with Crippen LogP contribution in [0, 0.1) is 6.92 Å². The van der Waals surface area contributed by atoms with E-state index in [0.717, 1.165) is 28.8 Å². The van der Waals surface area contributed by atoms with Crippen LogP contribution in [0.4, 0.5) is 0 Å². The lowest BCUT2D eigenvalue weighted by Gasteiger charge is -2.33. The Kier molecular flexibility index (Phi) is 6.03. The van der Waals surface area contributed by atoms with Gasteiger partial charge in [-0.25, -0.2) is 8.42 Å². The molecule has 0 spiro atoms. The maximum absolute atomic E-state index is 12.1. The minimum absolute atomic E-state index is 0.168. The SMILES string of the molecule is CCCNC(Cc1c(Br)c(C)nn1C)C(C)(C)S(C)(=O)=O. The van der Waals surface area contributed by atoms with Gasteiger partial charge in [-0.2, -0.15) is 5.10 Å². The van der Waals surface area contributed by atoms with Crippen LogP contribution >= 0.6 is 15.9 Å². The normalized spacial score (nSPS) is 14.4. The van der Waals surface area contributed by atoms with Crippen molar-refractivity contribution in [3.05, 3.63) is 15.9 Å². The van der Waals surface area contributed by atoms with Crippen molar-refractivity contribution in [3.63, 3.8) is 0 Å². The molecule has 1 N–H and O–H groups in total. The van der Waals surface area contributed by atoms with Crippen LogP contribution in [0.25, 0.3) is 0 Å². The van der Waals surface area contributed by atoms with E-state index in [-0.39, 0.29) is 6.04 Å². The van der Waals surface area contributed by atoms with Gasteiger partial charge in [0.1, 0.15) is 0 Å². The van der Waals surface area contributed by atoms with Crippen LogP contribution in [0.1, 0.15) is 38.6 Å². The smallest absolute Gasteiger partial charge is 0.154 e. The molecule has 5 nitrogen and oxygen atoms in total. The first-order valence-corrected chi connectivity index (χ1v) is 9.81. The van der Waals surface area contributed by atoms with Crippen molar-refractivity contribution in [1.29, 1.82) is 0 Å². The molecule has 1 rings (SSSR count). The third-order valence-corrected chi connectivity index (χ3v) is 7.32. The number of hydrogen-bond acceptors (Lipinski definition) is 4. The number of sulfone groups is 1. The van der Waals surface area contributed by atoms with E-state index in [2.05, 4.69) is 33.3 Å². The van der Waals surface area contributed by atoms with Gasteiger partial charge in [0.15, 0.2) is 9.84 Å². The minimum atomic E-state index is -3.18. The quantitative estimate of drug-likeness (QED) is 0.788. The molecule has 1 heterocycles. The highest BCUT2D eigenvalue weighted by molar-refractivity contribution is 9.10. The highest BCUT2D eigenvalue weighted by Gasteiger charge is 2.39. The molecule has 0 aromatic carbocycles. The number of nitrogens with zero attached hydrogens (tertiary/aromatic N) is 2. The molecule has 1 unspecified atom stereocenters. The Hall–Kier alpha value is -0.400. The highest BCUT2D eigenvalue weighted by Crippen LogP contribution is 2.27. The summed E-state index contributed by atoms with van der Waals surface area (Å²) in [6, 6.07) is -0.168. The average molecular weight is 380 g/mol. The molecule has 0 fully saturated rings. The summed E-state index contributed by atoms with van der Waals surface area (Å²) in [6.07, 6.45) is 2.87. The maximum Gasteiger partial charge on any atom is 0.154 e. The van der Waals surface area contributed by atoms with Gasteiger partial charge in [-0.3, -0.25) is 4.68 Å². The van der Waals surface area contributed by atoms with Crippen LogP contribution in [-0.4, -0.2) is 41.8 Å². The zero-order valence-corrected chi connectivity index (χ0v) is 16.1. The van der Waals surface area contributed by atoms with Crippen LogP contribution < -0.4 is 5.32 Å². The number of halogens is 1. The van der Waals surface area contributed by atoms with E-state index in [1.807, 2.05) is 18.7 Å². The van der Waals surface area contributed by atoms with E-state index >= 15 is 0 Å². The van der Waals surface area contributed by atoms with Gasteiger partial charge in [-0.05, 0) is 49.7 Å². The molecule has 21 heavy (non-hydrogen) atoms. The molecule has 122 valence electrons. The summed E-state index contributed by atoms with van der Waals surface area (Å²) >= 11 is 3.55. The first-order valence-electron chi connectivity index (χ1n) is 7.13. The molecule has 0 aliphatic carbocycles. The van der Waals surface area contributed by atoms with Gasteiger partial charge >= 0.3 is 0 Å². The van der Waals surface area contributed by atoms with Crippen molar-refractivity contribution in [2.75, 3.05) is 12.8 Å². The molecule has 0 aliphatic heterocycles. The largest absolute Gasteiger partial charge is 0.312 e. The van der Waals surface area contributed by atoms with E-state index in [1.165, 1.54) is 6.26 Å². The summed E-state index contributed by atoms with van der Waals surface area (Å²) in [4.78, 5) is 0. The van der Waals surface area contributed by atoms with Gasteiger partial charge in [0.05, 0.1) is 20.6 Å². The molecular formula is C14H26BrN3O2S. The summed E-state index contributed by atoms with van der Waals surface area (Å²) < 4.78 is 26.2. The second kappa shape index (κ2) is 6.79. The van der Waals surface area contributed by atoms with Crippen molar-refractivity contribution in [3.8, 4) is 0 Å². The maximum atomic E-state index is 12.1. The van der Waals surface area contributed by atoms with Gasteiger partial charge < -0.3 is 5.32 Å². The average Bonchev–Trinajstić information content (AvgIpc) is 2.58. The van der Waals surface area contributed by atoms with Crippen LogP contribution in [0.2, 0.25) is 0 Å². The summed E-state index contributed by atoms with van der Waals surface area (Å²) in [7, 11) is -1.29. The van der Waals surface area contributed by atoms with Crippen LogP contribution in [-0.2, 0) is 23.3 Å². The second-order valence-corrected chi connectivity index (χ2v) is 9.45. The molecular weight excluding hydrogens is 354 g/mol. The summed E-state index contributed by atoms with van der Waals surface area (Å²) in [5, 5.41) is 7.77. The minimum Gasteiger partial charge on any atom is -0.312 e. The third-order valence-electron chi connectivity index (χ3n) is 4.09. The molecule has 0 radical (unpaired) electrons. The Morgan fingerprint density at radius 1 is 1.43 bits per heavy atom. The molecule has 0 saturated carbocycles. The Morgan fingerprint density at radius 2 is 2.00 bits per heavy atom. The van der Waals surface area contributed by atoms with Gasteiger partial charge in [-0.1, -0.05) is 6.92 Å². The number of aryl methyl sites for hydroxylation is 2. The van der Waals surface area contributed by atoms with Crippen molar-refractivity contribution >= 4 is 25.8 Å². The second-order valence-electron chi connectivity index (χ2n) is 6.06. The van der Waals surface area contributed by atoms with Crippen molar-refractivity contribution in [2.24, 2.45) is 7.05 Å². The first-order chi connectivity index (χ1) is 9.52. The molecule has 1 aromatic rings. The number of nitrogens with one attached hydrogen (secondary N) is 1. The molecule has 0 bridgehead atoms. The molecule has 1 aromatic heterocycles. The molecule has 0 amide bonds. The van der Waals surface area contributed by atoms with Crippen LogP contribution in [0.5, 0.6) is 0 Å². The Balaban J connectivity index is 3.15. The Bertz CT molecular complexity index is 594. The van der Waals surface area contributed by atoms with Crippen LogP contribution in [0.3, 0.4) is 0 Å². The first kappa shape index (κ1) is 18.6. The highest BCUT2D eigenvalue weighted by atomic mass is 79.9. The van der Waals surface area contributed by atoms with Crippen LogP contribution in [0.15, 0.2) is 4.47 Å². The fourth-order valence-electron chi connectivity index (χ4n) is 2.24. The predicted octanol–water partition coefficient (Wildman–Crippen LogP) is 2.22. The monoisotopic (exact) mass is 379 g/mol. The summed E-state index contributed by atoms with van der Waals surface area (Å²) in [5.41, 5.74) is 1.93. The zero-order chi connectivity index (χ0) is 16.4. The number of hydrogen-bond donors (Lipinski definition) is 1. The molecule has 0 saturated heterocycles. The van der Waals surface area contributed by atoms with Crippen molar-refractivity contribution in [2.45, 2.75) is 51.3 Å². The lowest BCUT2D eigenvalue weighted by molar-refractivity contribution is 0.399. The summed E-state index contributed by atoms with van der Waals surface area (Å²) in [6.45, 7) is 8.36. The van der Waals surface area contributed by atoms with Crippen molar-refractivity contribution < 1.29 is 8.42 Å². The third kappa shape index (κ3) is 4.07. The van der Waals surface area contributed by atoms with E-state index in [0.29, 0.717) is 6.42 Å². The Morgan fingerprint density at radius 3 is 2.38 bits per heavy atom. The fraction of sp³-hybridized carbons (Fsp3) is 0.786. The number of aromatic nitrogens is 2. The van der Waals surface area contributed by atoms with Crippen molar-refractivity contribution in [1.82, 2.24) is 15.1 Å².